The Labute approximate surface area is 141 Å². The molecule has 2 aromatic rings. The van der Waals surface area contributed by atoms with Gasteiger partial charge in [0.1, 0.15) is 17.1 Å². The van der Waals surface area contributed by atoms with E-state index in [-0.39, 0.29) is 18.0 Å². The summed E-state index contributed by atoms with van der Waals surface area (Å²) in [7, 11) is 1.64. The maximum Gasteiger partial charge on any atom is 0.222 e. The van der Waals surface area contributed by atoms with Gasteiger partial charge in [0.25, 0.3) is 0 Å². The van der Waals surface area contributed by atoms with Crippen molar-refractivity contribution in [3.63, 3.8) is 0 Å². The Morgan fingerprint density at radius 1 is 1.50 bits per heavy atom. The molecule has 6 nitrogen and oxygen atoms in total. The van der Waals surface area contributed by atoms with Crippen LogP contribution in [0.25, 0.3) is 11.0 Å². The number of fused-ring (bicyclic) bond motifs is 1. The summed E-state index contributed by atoms with van der Waals surface area (Å²) < 4.78 is 16.6. The molecule has 1 aromatic carbocycles. The van der Waals surface area contributed by atoms with E-state index >= 15 is 0 Å². The minimum atomic E-state index is -0.194. The monoisotopic (exact) mass is 332 g/mol. The number of ether oxygens (including phenoxy) is 2. The molecule has 2 N–H and O–H groups in total. The SMILES string of the molecule is COc1ccc2oc(C(C)NC(=O)CC3COCCN3)c(C)c2c1. The third kappa shape index (κ3) is 3.55. The van der Waals surface area contributed by atoms with Gasteiger partial charge in [-0.1, -0.05) is 0 Å². The minimum Gasteiger partial charge on any atom is -0.497 e. The number of hydrogen-bond donors (Lipinski definition) is 2. The van der Waals surface area contributed by atoms with E-state index < -0.39 is 0 Å². The van der Waals surface area contributed by atoms with Crippen molar-refractivity contribution in [2.75, 3.05) is 26.9 Å². The van der Waals surface area contributed by atoms with Crippen molar-refractivity contribution in [2.24, 2.45) is 0 Å². The van der Waals surface area contributed by atoms with Gasteiger partial charge in [0.15, 0.2) is 0 Å². The summed E-state index contributed by atoms with van der Waals surface area (Å²) in [5.74, 6) is 1.56. The van der Waals surface area contributed by atoms with Crippen LogP contribution in [0.1, 0.15) is 30.7 Å². The molecule has 2 atom stereocenters. The molecule has 1 aromatic heterocycles. The molecule has 6 heteroatoms. The zero-order valence-electron chi connectivity index (χ0n) is 14.3. The van der Waals surface area contributed by atoms with Gasteiger partial charge in [0.2, 0.25) is 5.91 Å². The molecule has 1 amide bonds. The number of carbonyl (C=O) groups is 1. The van der Waals surface area contributed by atoms with E-state index in [9.17, 15) is 4.79 Å². The lowest BCUT2D eigenvalue weighted by Gasteiger charge is -2.23. The second kappa shape index (κ2) is 7.23. The first kappa shape index (κ1) is 16.8. The van der Waals surface area contributed by atoms with Gasteiger partial charge in [-0.2, -0.15) is 0 Å². The smallest absolute Gasteiger partial charge is 0.222 e. The number of aryl methyl sites for hydroxylation is 1. The van der Waals surface area contributed by atoms with Gasteiger partial charge < -0.3 is 24.5 Å². The molecular weight excluding hydrogens is 308 g/mol. The maximum absolute atomic E-state index is 12.3. The predicted molar refractivity (Wildman–Crippen MR) is 91.3 cm³/mol. The number of furan rings is 1. The van der Waals surface area contributed by atoms with E-state index in [1.165, 1.54) is 0 Å². The number of benzene rings is 1. The van der Waals surface area contributed by atoms with Crippen molar-refractivity contribution in [1.82, 2.24) is 10.6 Å². The molecule has 0 bridgehead atoms. The Bertz CT molecular complexity index is 719. The molecular formula is C18H24N2O4. The summed E-state index contributed by atoms with van der Waals surface area (Å²) in [4.78, 5) is 12.3. The summed E-state index contributed by atoms with van der Waals surface area (Å²) in [6.45, 7) is 6.00. The first-order valence-electron chi connectivity index (χ1n) is 8.26. The highest BCUT2D eigenvalue weighted by Gasteiger charge is 2.21. The number of hydrogen-bond acceptors (Lipinski definition) is 5. The fourth-order valence-corrected chi connectivity index (χ4v) is 3.10. The highest BCUT2D eigenvalue weighted by molar-refractivity contribution is 5.84. The van der Waals surface area contributed by atoms with Crippen LogP contribution in [-0.4, -0.2) is 38.8 Å². The lowest BCUT2D eigenvalue weighted by molar-refractivity contribution is -0.123. The molecule has 1 aliphatic rings. The van der Waals surface area contributed by atoms with Crippen molar-refractivity contribution in [1.29, 1.82) is 0 Å². The fourth-order valence-electron chi connectivity index (χ4n) is 3.10. The molecule has 2 heterocycles. The highest BCUT2D eigenvalue weighted by Crippen LogP contribution is 2.31. The van der Waals surface area contributed by atoms with Crippen LogP contribution < -0.4 is 15.4 Å². The summed E-state index contributed by atoms with van der Waals surface area (Å²) in [6, 6.07) is 5.60. The van der Waals surface area contributed by atoms with Crippen LogP contribution in [-0.2, 0) is 9.53 Å². The normalized spacial score (nSPS) is 19.2. The van der Waals surface area contributed by atoms with Gasteiger partial charge in [0, 0.05) is 30.0 Å². The van der Waals surface area contributed by atoms with Crippen LogP contribution in [0.4, 0.5) is 0 Å². The first-order valence-corrected chi connectivity index (χ1v) is 8.26. The predicted octanol–water partition coefficient (Wildman–Crippen LogP) is 2.31. The minimum absolute atomic E-state index is 0.0112. The van der Waals surface area contributed by atoms with E-state index in [0.717, 1.165) is 34.6 Å². The molecule has 2 unspecified atom stereocenters. The summed E-state index contributed by atoms with van der Waals surface area (Å²) in [5.41, 5.74) is 1.82. The van der Waals surface area contributed by atoms with E-state index in [2.05, 4.69) is 10.6 Å². The van der Waals surface area contributed by atoms with Gasteiger partial charge in [0.05, 0.1) is 26.4 Å². The number of carbonyl (C=O) groups excluding carboxylic acids is 1. The maximum atomic E-state index is 12.3. The molecule has 1 aliphatic heterocycles. The van der Waals surface area contributed by atoms with Gasteiger partial charge in [-0.05, 0) is 32.0 Å². The Balaban J connectivity index is 1.70. The number of morpholine rings is 1. The second-order valence-electron chi connectivity index (χ2n) is 6.17. The number of amides is 1. The molecule has 1 fully saturated rings. The average molecular weight is 332 g/mol. The van der Waals surface area contributed by atoms with Crippen LogP contribution in [0.3, 0.4) is 0 Å². The third-order valence-electron chi connectivity index (χ3n) is 4.38. The van der Waals surface area contributed by atoms with E-state index in [1.807, 2.05) is 32.0 Å². The number of methoxy groups -OCH3 is 1. The summed E-state index contributed by atoms with van der Waals surface area (Å²) in [6.07, 6.45) is 0.400. The first-order chi connectivity index (χ1) is 11.6. The van der Waals surface area contributed by atoms with Crippen LogP contribution in [0.2, 0.25) is 0 Å². The largest absolute Gasteiger partial charge is 0.497 e. The van der Waals surface area contributed by atoms with Crippen molar-refractivity contribution >= 4 is 16.9 Å². The zero-order chi connectivity index (χ0) is 17.1. The van der Waals surface area contributed by atoms with Gasteiger partial charge in [-0.25, -0.2) is 0 Å². The van der Waals surface area contributed by atoms with Crippen molar-refractivity contribution < 1.29 is 18.7 Å². The molecule has 0 saturated carbocycles. The molecule has 0 aliphatic carbocycles. The molecule has 0 spiro atoms. The quantitative estimate of drug-likeness (QED) is 0.879. The molecule has 24 heavy (non-hydrogen) atoms. The topological polar surface area (TPSA) is 72.7 Å². The van der Waals surface area contributed by atoms with Gasteiger partial charge in [-0.15, -0.1) is 0 Å². The molecule has 130 valence electrons. The van der Waals surface area contributed by atoms with Crippen molar-refractivity contribution in [3.8, 4) is 5.75 Å². The van der Waals surface area contributed by atoms with E-state index in [1.54, 1.807) is 7.11 Å². The Hall–Kier alpha value is -2.05. The molecule has 1 saturated heterocycles. The van der Waals surface area contributed by atoms with Crippen LogP contribution in [0, 0.1) is 6.92 Å². The summed E-state index contributed by atoms with van der Waals surface area (Å²) >= 11 is 0. The second-order valence-corrected chi connectivity index (χ2v) is 6.17. The third-order valence-corrected chi connectivity index (χ3v) is 4.38. The Morgan fingerprint density at radius 3 is 3.04 bits per heavy atom. The lowest BCUT2D eigenvalue weighted by Crippen LogP contribution is -2.44. The number of rotatable bonds is 5. The molecule has 3 rings (SSSR count). The van der Waals surface area contributed by atoms with E-state index in [4.69, 9.17) is 13.9 Å². The average Bonchev–Trinajstić information content (AvgIpc) is 2.92. The summed E-state index contributed by atoms with van der Waals surface area (Å²) in [5, 5.41) is 7.31. The number of nitrogens with one attached hydrogen (secondary N) is 2. The standard InChI is InChI=1S/C18H24N2O4/c1-11-15-9-14(22-3)4-5-16(15)24-18(11)12(2)20-17(21)8-13-10-23-7-6-19-13/h4-5,9,12-13,19H,6-8,10H2,1-3H3,(H,20,21). The van der Waals surface area contributed by atoms with Crippen molar-refractivity contribution in [3.05, 3.63) is 29.5 Å². The van der Waals surface area contributed by atoms with Crippen LogP contribution in [0.15, 0.2) is 22.6 Å². The Morgan fingerprint density at radius 2 is 2.33 bits per heavy atom. The van der Waals surface area contributed by atoms with Crippen LogP contribution >= 0.6 is 0 Å². The lowest BCUT2D eigenvalue weighted by atomic mass is 10.1. The zero-order valence-corrected chi connectivity index (χ0v) is 14.3. The van der Waals surface area contributed by atoms with E-state index in [0.29, 0.717) is 19.6 Å². The van der Waals surface area contributed by atoms with Gasteiger partial charge in [-0.3, -0.25) is 4.79 Å². The fraction of sp³-hybridized carbons (Fsp3) is 0.500. The highest BCUT2D eigenvalue weighted by atomic mass is 16.5. The van der Waals surface area contributed by atoms with Crippen molar-refractivity contribution in [2.45, 2.75) is 32.4 Å². The molecule has 0 radical (unpaired) electrons. The van der Waals surface area contributed by atoms with Crippen LogP contribution in [0.5, 0.6) is 5.75 Å². The van der Waals surface area contributed by atoms with Gasteiger partial charge >= 0.3 is 0 Å². The Kier molecular flexibility index (Phi) is 5.06.